The molecule has 1 aliphatic rings. The number of rotatable bonds is 6. The molecule has 0 fully saturated rings. The average Bonchev–Trinajstić information content (AvgIpc) is 2.71. The number of methoxy groups -OCH3 is 2. The number of fused-ring (bicyclic) bond motifs is 1. The summed E-state index contributed by atoms with van der Waals surface area (Å²) < 4.78 is 16.3. The predicted molar refractivity (Wildman–Crippen MR) is 106 cm³/mol. The Labute approximate surface area is 169 Å². The molecule has 0 radical (unpaired) electrons. The van der Waals surface area contributed by atoms with Crippen molar-refractivity contribution in [3.8, 4) is 23.3 Å². The van der Waals surface area contributed by atoms with E-state index in [1.165, 1.54) is 18.1 Å². The van der Waals surface area contributed by atoms with Gasteiger partial charge in [0.25, 0.3) is 5.91 Å². The molecular formula is C22H22N2O5. The van der Waals surface area contributed by atoms with Gasteiger partial charge < -0.3 is 19.1 Å². The van der Waals surface area contributed by atoms with E-state index >= 15 is 0 Å². The predicted octanol–water partition coefficient (Wildman–Crippen LogP) is 3.36. The van der Waals surface area contributed by atoms with E-state index < -0.39 is 17.6 Å². The molecular weight excluding hydrogens is 372 g/mol. The van der Waals surface area contributed by atoms with Crippen molar-refractivity contribution in [3.05, 3.63) is 47.5 Å². The number of hydrogen-bond donors (Lipinski definition) is 0. The summed E-state index contributed by atoms with van der Waals surface area (Å²) in [5.74, 6) is -0.975. The minimum atomic E-state index is -1.39. The first-order valence-corrected chi connectivity index (χ1v) is 9.16. The van der Waals surface area contributed by atoms with Gasteiger partial charge in [0.15, 0.2) is 23.2 Å². The van der Waals surface area contributed by atoms with Crippen molar-refractivity contribution in [3.63, 3.8) is 0 Å². The van der Waals surface area contributed by atoms with E-state index in [2.05, 4.69) is 0 Å². The zero-order chi connectivity index (χ0) is 21.1. The lowest BCUT2D eigenvalue weighted by Crippen LogP contribution is -2.43. The van der Waals surface area contributed by atoms with E-state index in [9.17, 15) is 14.9 Å². The Morgan fingerprint density at radius 3 is 2.31 bits per heavy atom. The van der Waals surface area contributed by atoms with Gasteiger partial charge in [0.1, 0.15) is 5.75 Å². The number of benzene rings is 2. The van der Waals surface area contributed by atoms with Gasteiger partial charge in [0.05, 0.1) is 38.6 Å². The summed E-state index contributed by atoms with van der Waals surface area (Å²) >= 11 is 0. The molecule has 3 rings (SSSR count). The van der Waals surface area contributed by atoms with Crippen LogP contribution in [0.3, 0.4) is 0 Å². The van der Waals surface area contributed by atoms with Gasteiger partial charge in [0, 0.05) is 11.6 Å². The Morgan fingerprint density at radius 1 is 1.07 bits per heavy atom. The number of carbonyl (C=O) groups excluding carboxylic acids is 2. The highest BCUT2D eigenvalue weighted by Crippen LogP contribution is 2.40. The Bertz CT molecular complexity index is 976. The topological polar surface area (TPSA) is 88.9 Å². The van der Waals surface area contributed by atoms with Gasteiger partial charge in [0.2, 0.25) is 0 Å². The van der Waals surface area contributed by atoms with E-state index in [0.29, 0.717) is 22.9 Å². The van der Waals surface area contributed by atoms with E-state index in [4.69, 9.17) is 14.2 Å². The fraction of sp³-hybridized carbons (Fsp3) is 0.318. The van der Waals surface area contributed by atoms with E-state index in [0.717, 1.165) is 5.56 Å². The van der Waals surface area contributed by atoms with Gasteiger partial charge in [-0.2, -0.15) is 5.26 Å². The maximum Gasteiger partial charge on any atom is 0.252 e. The Balaban J connectivity index is 2.10. The van der Waals surface area contributed by atoms with Crippen molar-refractivity contribution >= 4 is 17.4 Å². The van der Waals surface area contributed by atoms with Crippen LogP contribution in [0.4, 0.5) is 5.69 Å². The van der Waals surface area contributed by atoms with Crippen molar-refractivity contribution in [1.29, 1.82) is 5.26 Å². The molecule has 29 heavy (non-hydrogen) atoms. The fourth-order valence-corrected chi connectivity index (χ4v) is 3.21. The number of amides is 1. The van der Waals surface area contributed by atoms with Crippen LogP contribution in [0.15, 0.2) is 36.4 Å². The van der Waals surface area contributed by atoms with Crippen molar-refractivity contribution < 1.29 is 23.8 Å². The minimum absolute atomic E-state index is 0.126. The number of ketones is 1. The molecule has 150 valence electrons. The van der Waals surface area contributed by atoms with Gasteiger partial charge in [-0.25, -0.2) is 0 Å². The number of hydrogen-bond acceptors (Lipinski definition) is 6. The molecule has 0 saturated carbocycles. The summed E-state index contributed by atoms with van der Waals surface area (Å²) in [6.45, 7) is 3.95. The fourth-order valence-electron chi connectivity index (χ4n) is 3.21. The molecule has 7 heteroatoms. The third kappa shape index (κ3) is 3.87. The molecule has 2 aromatic carbocycles. The molecule has 0 aliphatic carbocycles. The van der Waals surface area contributed by atoms with E-state index in [1.807, 2.05) is 32.0 Å². The summed E-state index contributed by atoms with van der Waals surface area (Å²) in [6, 6.07) is 12.2. The number of ether oxygens (including phenoxy) is 3. The van der Waals surface area contributed by atoms with Crippen LogP contribution in [0.5, 0.6) is 17.2 Å². The molecule has 1 heterocycles. The highest BCUT2D eigenvalue weighted by Gasteiger charge is 2.40. The lowest BCUT2D eigenvalue weighted by atomic mass is 9.90. The standard InChI is InChI=1S/C22H22N2O5/c1-13(2)29-20-10-18-16(9-19(20)28-4)21(25)17(11-23)22(26)24(18)12-14-5-7-15(27-3)8-6-14/h5-10,13,17H,12H2,1-4H3. The number of carbonyl (C=O) groups is 2. The normalized spacial score (nSPS) is 15.7. The zero-order valence-electron chi connectivity index (χ0n) is 16.8. The molecule has 0 bridgehead atoms. The summed E-state index contributed by atoms with van der Waals surface area (Å²) in [6.07, 6.45) is -0.126. The molecule has 1 amide bonds. The smallest absolute Gasteiger partial charge is 0.252 e. The van der Waals surface area contributed by atoms with Crippen LogP contribution in [0.2, 0.25) is 0 Å². The molecule has 0 N–H and O–H groups in total. The Hall–Kier alpha value is -3.53. The average molecular weight is 394 g/mol. The quantitative estimate of drug-likeness (QED) is 0.698. The number of nitriles is 1. The van der Waals surface area contributed by atoms with Gasteiger partial charge in [-0.3, -0.25) is 9.59 Å². The third-order valence-corrected chi connectivity index (χ3v) is 4.60. The van der Waals surface area contributed by atoms with Crippen molar-refractivity contribution in [2.75, 3.05) is 19.1 Å². The highest BCUT2D eigenvalue weighted by molar-refractivity contribution is 6.23. The van der Waals surface area contributed by atoms with Crippen molar-refractivity contribution in [1.82, 2.24) is 0 Å². The van der Waals surface area contributed by atoms with Crippen LogP contribution in [0.1, 0.15) is 29.8 Å². The van der Waals surface area contributed by atoms with Gasteiger partial charge >= 0.3 is 0 Å². The number of Topliss-reactive ketones (excluding diaryl/α,β-unsaturated/α-hetero) is 1. The number of nitrogens with zero attached hydrogens (tertiary/aromatic N) is 2. The summed E-state index contributed by atoms with van der Waals surface area (Å²) in [5.41, 5.74) is 1.50. The largest absolute Gasteiger partial charge is 0.497 e. The number of anilines is 1. The summed E-state index contributed by atoms with van der Waals surface area (Å²) in [5, 5.41) is 9.42. The molecule has 1 unspecified atom stereocenters. The highest BCUT2D eigenvalue weighted by atomic mass is 16.5. The minimum Gasteiger partial charge on any atom is -0.497 e. The second kappa shape index (κ2) is 8.23. The first-order chi connectivity index (χ1) is 13.9. The van der Waals surface area contributed by atoms with Crippen LogP contribution in [-0.4, -0.2) is 32.0 Å². The van der Waals surface area contributed by atoms with Crippen LogP contribution in [0.25, 0.3) is 0 Å². The SMILES string of the molecule is COc1ccc(CN2C(=O)C(C#N)C(=O)c3cc(OC)c(OC(C)C)cc32)cc1. The Morgan fingerprint density at radius 2 is 1.76 bits per heavy atom. The molecule has 0 saturated heterocycles. The van der Waals surface area contributed by atoms with Gasteiger partial charge in [-0.15, -0.1) is 0 Å². The zero-order valence-corrected chi connectivity index (χ0v) is 16.8. The lowest BCUT2D eigenvalue weighted by Gasteiger charge is -2.32. The molecule has 0 spiro atoms. The first-order valence-electron chi connectivity index (χ1n) is 9.16. The van der Waals surface area contributed by atoms with Crippen molar-refractivity contribution in [2.24, 2.45) is 5.92 Å². The van der Waals surface area contributed by atoms with Crippen LogP contribution in [-0.2, 0) is 11.3 Å². The molecule has 1 atom stereocenters. The molecule has 0 aromatic heterocycles. The van der Waals surface area contributed by atoms with Crippen molar-refractivity contribution in [2.45, 2.75) is 26.5 Å². The maximum absolute atomic E-state index is 12.9. The molecule has 7 nitrogen and oxygen atoms in total. The molecule has 2 aromatic rings. The summed E-state index contributed by atoms with van der Waals surface area (Å²) in [7, 11) is 3.05. The Kier molecular flexibility index (Phi) is 5.74. The first kappa shape index (κ1) is 20.2. The summed E-state index contributed by atoms with van der Waals surface area (Å²) in [4.78, 5) is 27.1. The van der Waals surface area contributed by atoms with Gasteiger partial charge in [-0.05, 0) is 37.6 Å². The van der Waals surface area contributed by atoms with Gasteiger partial charge in [-0.1, -0.05) is 12.1 Å². The van der Waals surface area contributed by atoms with Crippen LogP contribution < -0.4 is 19.1 Å². The van der Waals surface area contributed by atoms with Crippen LogP contribution in [0, 0.1) is 17.2 Å². The van der Waals surface area contributed by atoms with E-state index in [1.54, 1.807) is 25.3 Å². The monoisotopic (exact) mass is 394 g/mol. The second-order valence-electron chi connectivity index (χ2n) is 6.89. The second-order valence-corrected chi connectivity index (χ2v) is 6.89. The maximum atomic E-state index is 12.9. The molecule has 1 aliphatic heterocycles. The third-order valence-electron chi connectivity index (χ3n) is 4.60. The van der Waals surface area contributed by atoms with E-state index in [-0.39, 0.29) is 18.2 Å². The van der Waals surface area contributed by atoms with Crippen LogP contribution >= 0.6 is 0 Å². The lowest BCUT2D eigenvalue weighted by molar-refractivity contribution is -0.120.